The average molecular weight is 298 g/mol. The standard InChI is InChI=1S/C16H31N3S/c1-8-9-17-10-14-15(12(4)5)18-16(20-14)19(7)13(6)11(2)3/h11-13,17H,8-10H2,1-7H3. The molecule has 0 spiro atoms. The first kappa shape index (κ1) is 17.4. The van der Waals surface area contributed by atoms with Gasteiger partial charge in [-0.15, -0.1) is 11.3 Å². The summed E-state index contributed by atoms with van der Waals surface area (Å²) in [5.74, 6) is 1.12. The number of anilines is 1. The molecule has 0 fully saturated rings. The van der Waals surface area contributed by atoms with Crippen LogP contribution in [0.1, 0.15) is 64.5 Å². The van der Waals surface area contributed by atoms with Crippen molar-refractivity contribution in [2.45, 2.75) is 66.5 Å². The quantitative estimate of drug-likeness (QED) is 0.727. The lowest BCUT2D eigenvalue weighted by Gasteiger charge is -2.27. The molecule has 1 N–H and O–H groups in total. The topological polar surface area (TPSA) is 28.2 Å². The van der Waals surface area contributed by atoms with Gasteiger partial charge in [0.05, 0.1) is 5.69 Å². The molecular weight excluding hydrogens is 266 g/mol. The van der Waals surface area contributed by atoms with E-state index in [4.69, 9.17) is 4.98 Å². The van der Waals surface area contributed by atoms with Crippen LogP contribution in [0.15, 0.2) is 0 Å². The van der Waals surface area contributed by atoms with Gasteiger partial charge in [-0.05, 0) is 31.7 Å². The zero-order valence-corrected chi connectivity index (χ0v) is 15.0. The van der Waals surface area contributed by atoms with E-state index in [2.05, 4.69) is 58.8 Å². The number of thiazole rings is 1. The van der Waals surface area contributed by atoms with Gasteiger partial charge in [0.1, 0.15) is 0 Å². The molecule has 1 rings (SSSR count). The zero-order chi connectivity index (χ0) is 15.3. The molecule has 1 aromatic rings. The SMILES string of the molecule is CCCNCc1sc(N(C)C(C)C(C)C)nc1C(C)C. The van der Waals surface area contributed by atoms with Crippen molar-refractivity contribution in [1.29, 1.82) is 0 Å². The van der Waals surface area contributed by atoms with Crippen LogP contribution in [-0.2, 0) is 6.54 Å². The minimum atomic E-state index is 0.487. The fourth-order valence-corrected chi connectivity index (χ4v) is 3.31. The van der Waals surface area contributed by atoms with E-state index >= 15 is 0 Å². The molecule has 1 heterocycles. The Labute approximate surface area is 128 Å². The van der Waals surface area contributed by atoms with Crippen LogP contribution in [0.2, 0.25) is 0 Å². The Morgan fingerprint density at radius 3 is 2.35 bits per heavy atom. The highest BCUT2D eigenvalue weighted by molar-refractivity contribution is 7.15. The molecule has 0 aliphatic carbocycles. The highest BCUT2D eigenvalue weighted by Crippen LogP contribution is 2.31. The fourth-order valence-electron chi connectivity index (χ4n) is 2.08. The van der Waals surface area contributed by atoms with Gasteiger partial charge in [-0.3, -0.25) is 0 Å². The third-order valence-electron chi connectivity index (χ3n) is 3.85. The highest BCUT2D eigenvalue weighted by Gasteiger charge is 2.20. The normalized spacial score (nSPS) is 13.2. The molecule has 1 aromatic heterocycles. The van der Waals surface area contributed by atoms with Gasteiger partial charge in [0.2, 0.25) is 0 Å². The molecule has 0 saturated heterocycles. The second-order valence-electron chi connectivity index (χ2n) is 6.23. The third kappa shape index (κ3) is 4.45. The Morgan fingerprint density at radius 1 is 1.20 bits per heavy atom. The lowest BCUT2D eigenvalue weighted by atomic mass is 10.1. The molecule has 116 valence electrons. The highest BCUT2D eigenvalue weighted by atomic mass is 32.1. The maximum absolute atomic E-state index is 4.90. The van der Waals surface area contributed by atoms with E-state index in [0.29, 0.717) is 17.9 Å². The average Bonchev–Trinajstić information content (AvgIpc) is 2.81. The molecule has 0 amide bonds. The summed E-state index contributed by atoms with van der Waals surface area (Å²) in [4.78, 5) is 8.61. The first-order valence-electron chi connectivity index (χ1n) is 7.81. The van der Waals surface area contributed by atoms with Crippen LogP contribution in [-0.4, -0.2) is 24.6 Å². The molecule has 4 heteroatoms. The first-order valence-corrected chi connectivity index (χ1v) is 8.63. The van der Waals surface area contributed by atoms with E-state index in [-0.39, 0.29) is 0 Å². The minimum absolute atomic E-state index is 0.487. The van der Waals surface area contributed by atoms with Crippen molar-refractivity contribution in [3.8, 4) is 0 Å². The molecule has 1 atom stereocenters. The van der Waals surface area contributed by atoms with Gasteiger partial charge in [-0.2, -0.15) is 0 Å². The van der Waals surface area contributed by atoms with Gasteiger partial charge in [0.25, 0.3) is 0 Å². The van der Waals surface area contributed by atoms with Crippen molar-refractivity contribution >= 4 is 16.5 Å². The molecule has 0 bridgehead atoms. The largest absolute Gasteiger partial charge is 0.348 e. The van der Waals surface area contributed by atoms with E-state index in [1.165, 1.54) is 17.0 Å². The van der Waals surface area contributed by atoms with E-state index in [9.17, 15) is 0 Å². The smallest absolute Gasteiger partial charge is 0.185 e. The molecule has 0 saturated carbocycles. The Kier molecular flexibility index (Phi) is 6.96. The van der Waals surface area contributed by atoms with Crippen LogP contribution in [0.25, 0.3) is 0 Å². The Hall–Kier alpha value is -0.610. The molecule has 3 nitrogen and oxygen atoms in total. The summed E-state index contributed by atoms with van der Waals surface area (Å²) in [6.45, 7) is 15.5. The summed E-state index contributed by atoms with van der Waals surface area (Å²) >= 11 is 1.84. The number of nitrogens with one attached hydrogen (secondary N) is 1. The number of hydrogen-bond acceptors (Lipinski definition) is 4. The monoisotopic (exact) mass is 297 g/mol. The molecule has 0 aromatic carbocycles. The van der Waals surface area contributed by atoms with Crippen LogP contribution in [0.5, 0.6) is 0 Å². The molecule has 1 unspecified atom stereocenters. The van der Waals surface area contributed by atoms with Crippen molar-refractivity contribution in [3.63, 3.8) is 0 Å². The lowest BCUT2D eigenvalue weighted by molar-refractivity contribution is 0.504. The summed E-state index contributed by atoms with van der Waals surface area (Å²) < 4.78 is 0. The summed E-state index contributed by atoms with van der Waals surface area (Å²) in [7, 11) is 2.16. The van der Waals surface area contributed by atoms with Gasteiger partial charge < -0.3 is 10.2 Å². The Balaban J connectivity index is 2.90. The summed E-state index contributed by atoms with van der Waals surface area (Å²) in [5.41, 5.74) is 1.26. The Bertz CT molecular complexity index is 398. The summed E-state index contributed by atoms with van der Waals surface area (Å²) in [6, 6.07) is 0.512. The van der Waals surface area contributed by atoms with Crippen molar-refractivity contribution < 1.29 is 0 Å². The lowest BCUT2D eigenvalue weighted by Crippen LogP contribution is -2.33. The molecule has 0 radical (unpaired) electrons. The zero-order valence-electron chi connectivity index (χ0n) is 14.2. The maximum Gasteiger partial charge on any atom is 0.185 e. The van der Waals surface area contributed by atoms with Crippen molar-refractivity contribution in [2.24, 2.45) is 5.92 Å². The summed E-state index contributed by atoms with van der Waals surface area (Å²) in [6.07, 6.45) is 1.17. The maximum atomic E-state index is 4.90. The number of nitrogens with zero attached hydrogens (tertiary/aromatic N) is 2. The minimum Gasteiger partial charge on any atom is -0.348 e. The molecule has 0 aliphatic rings. The first-order chi connectivity index (χ1) is 9.38. The van der Waals surface area contributed by atoms with Gasteiger partial charge in [0, 0.05) is 24.5 Å². The second-order valence-corrected chi connectivity index (χ2v) is 7.29. The van der Waals surface area contributed by atoms with Crippen LogP contribution in [0.4, 0.5) is 5.13 Å². The number of hydrogen-bond donors (Lipinski definition) is 1. The fraction of sp³-hybridized carbons (Fsp3) is 0.812. The van der Waals surface area contributed by atoms with Crippen LogP contribution in [0, 0.1) is 5.92 Å². The van der Waals surface area contributed by atoms with Crippen LogP contribution >= 0.6 is 11.3 Å². The van der Waals surface area contributed by atoms with Crippen LogP contribution in [0.3, 0.4) is 0 Å². The Morgan fingerprint density at radius 2 is 1.85 bits per heavy atom. The molecule has 0 aliphatic heterocycles. The van der Waals surface area contributed by atoms with Crippen molar-refractivity contribution in [2.75, 3.05) is 18.5 Å². The molecular formula is C16H31N3S. The van der Waals surface area contributed by atoms with Crippen LogP contribution < -0.4 is 10.2 Å². The van der Waals surface area contributed by atoms with E-state index in [0.717, 1.165) is 18.2 Å². The number of rotatable bonds is 8. The van der Waals surface area contributed by atoms with Gasteiger partial charge in [-0.1, -0.05) is 34.6 Å². The van der Waals surface area contributed by atoms with Crippen molar-refractivity contribution in [3.05, 3.63) is 10.6 Å². The third-order valence-corrected chi connectivity index (χ3v) is 5.01. The van der Waals surface area contributed by atoms with E-state index in [1.807, 2.05) is 11.3 Å². The van der Waals surface area contributed by atoms with E-state index in [1.54, 1.807) is 0 Å². The second kappa shape index (κ2) is 7.99. The van der Waals surface area contributed by atoms with E-state index < -0.39 is 0 Å². The molecule has 20 heavy (non-hydrogen) atoms. The van der Waals surface area contributed by atoms with Gasteiger partial charge in [-0.25, -0.2) is 4.98 Å². The summed E-state index contributed by atoms with van der Waals surface area (Å²) in [5, 5.41) is 4.66. The van der Waals surface area contributed by atoms with Gasteiger partial charge in [0.15, 0.2) is 5.13 Å². The predicted octanol–water partition coefficient (Wildman–Crippen LogP) is 4.25. The number of aromatic nitrogens is 1. The predicted molar refractivity (Wildman–Crippen MR) is 90.9 cm³/mol. The van der Waals surface area contributed by atoms with Crippen molar-refractivity contribution in [1.82, 2.24) is 10.3 Å². The van der Waals surface area contributed by atoms with Gasteiger partial charge >= 0.3 is 0 Å².